The number of hydrogen-bond acceptors (Lipinski definition) is 7. The molecule has 0 saturated heterocycles. The number of nitrogens with zero attached hydrogens (tertiary/aromatic N) is 2. The molecule has 2 heterocycles. The van der Waals surface area contributed by atoms with E-state index in [2.05, 4.69) is 10.3 Å². The van der Waals surface area contributed by atoms with E-state index in [1.165, 1.54) is 23.1 Å². The van der Waals surface area contributed by atoms with E-state index in [9.17, 15) is 9.59 Å². The summed E-state index contributed by atoms with van der Waals surface area (Å²) in [7, 11) is 3.20. The topological polar surface area (TPSA) is 82.4 Å². The molecule has 28 heavy (non-hydrogen) atoms. The standard InChI is InChI=1S/C19H21N3O4S2/c1-25-9-8-22-18(24)17-15(7-10-27-17)21-19(22)28-12-16(23)20-11-13-3-5-14(26-2)6-4-13/h3-7,10H,8-9,11-12H2,1-2H3,(H,20,23). The SMILES string of the molecule is COCCn1c(SCC(=O)NCc2ccc(OC)cc2)nc2ccsc2c1=O. The Morgan fingerprint density at radius 2 is 2.04 bits per heavy atom. The van der Waals surface area contributed by atoms with E-state index in [1.54, 1.807) is 18.8 Å². The van der Waals surface area contributed by atoms with Crippen molar-refractivity contribution >= 4 is 39.2 Å². The van der Waals surface area contributed by atoms with Crippen molar-refractivity contribution in [1.29, 1.82) is 0 Å². The lowest BCUT2D eigenvalue weighted by Gasteiger charge is -2.11. The molecule has 0 fully saturated rings. The lowest BCUT2D eigenvalue weighted by atomic mass is 10.2. The Labute approximate surface area is 170 Å². The minimum absolute atomic E-state index is 0.0989. The molecule has 0 aliphatic rings. The van der Waals surface area contributed by atoms with Gasteiger partial charge in [-0.05, 0) is 29.1 Å². The highest BCUT2D eigenvalue weighted by Crippen LogP contribution is 2.21. The first-order chi connectivity index (χ1) is 13.6. The van der Waals surface area contributed by atoms with Gasteiger partial charge in [-0.1, -0.05) is 23.9 Å². The summed E-state index contributed by atoms with van der Waals surface area (Å²) in [5.74, 6) is 0.818. The predicted molar refractivity (Wildman–Crippen MR) is 111 cm³/mol. The number of aromatic nitrogens is 2. The average molecular weight is 420 g/mol. The van der Waals surface area contributed by atoms with Crippen LogP contribution in [0.1, 0.15) is 5.56 Å². The molecular formula is C19H21N3O4S2. The second-order valence-electron chi connectivity index (χ2n) is 5.89. The third-order valence-electron chi connectivity index (χ3n) is 4.03. The van der Waals surface area contributed by atoms with E-state index >= 15 is 0 Å². The molecule has 0 atom stereocenters. The van der Waals surface area contributed by atoms with Crippen LogP contribution >= 0.6 is 23.1 Å². The Hall–Kier alpha value is -2.36. The first-order valence-electron chi connectivity index (χ1n) is 8.61. The number of hydrogen-bond donors (Lipinski definition) is 1. The predicted octanol–water partition coefficient (Wildman–Crippen LogP) is 2.52. The van der Waals surface area contributed by atoms with Gasteiger partial charge in [-0.25, -0.2) is 4.98 Å². The van der Waals surface area contributed by atoms with Gasteiger partial charge in [0.15, 0.2) is 5.16 Å². The summed E-state index contributed by atoms with van der Waals surface area (Å²) in [4.78, 5) is 29.5. The molecule has 3 aromatic rings. The lowest BCUT2D eigenvalue weighted by Crippen LogP contribution is -2.27. The van der Waals surface area contributed by atoms with E-state index in [1.807, 2.05) is 35.7 Å². The van der Waals surface area contributed by atoms with Crippen molar-refractivity contribution in [2.75, 3.05) is 26.6 Å². The smallest absolute Gasteiger partial charge is 0.272 e. The molecule has 148 valence electrons. The van der Waals surface area contributed by atoms with Crippen molar-refractivity contribution in [3.8, 4) is 5.75 Å². The molecule has 7 nitrogen and oxygen atoms in total. The zero-order chi connectivity index (χ0) is 19.9. The average Bonchev–Trinajstić information content (AvgIpc) is 3.19. The monoisotopic (exact) mass is 419 g/mol. The van der Waals surface area contributed by atoms with Crippen molar-refractivity contribution in [2.24, 2.45) is 0 Å². The highest BCUT2D eigenvalue weighted by atomic mass is 32.2. The number of methoxy groups -OCH3 is 2. The molecule has 0 radical (unpaired) electrons. The van der Waals surface area contributed by atoms with E-state index < -0.39 is 0 Å². The Bertz CT molecular complexity index is 999. The summed E-state index contributed by atoms with van der Waals surface area (Å²) in [6.07, 6.45) is 0. The van der Waals surface area contributed by atoms with Gasteiger partial charge < -0.3 is 14.8 Å². The fraction of sp³-hybridized carbons (Fsp3) is 0.316. The maximum absolute atomic E-state index is 12.7. The molecule has 2 aromatic heterocycles. The van der Waals surface area contributed by atoms with Crippen molar-refractivity contribution in [3.63, 3.8) is 0 Å². The van der Waals surface area contributed by atoms with Crippen LogP contribution < -0.4 is 15.6 Å². The fourth-order valence-electron chi connectivity index (χ4n) is 2.54. The van der Waals surface area contributed by atoms with Gasteiger partial charge in [-0.2, -0.15) is 0 Å². The van der Waals surface area contributed by atoms with Gasteiger partial charge in [-0.15, -0.1) is 11.3 Å². The maximum Gasteiger partial charge on any atom is 0.272 e. The van der Waals surface area contributed by atoms with Gasteiger partial charge in [-0.3, -0.25) is 14.2 Å². The number of thioether (sulfide) groups is 1. The molecule has 1 N–H and O–H groups in total. The van der Waals surface area contributed by atoms with Crippen LogP contribution in [0.5, 0.6) is 5.75 Å². The number of carbonyl (C=O) groups excluding carboxylic acids is 1. The van der Waals surface area contributed by atoms with Crippen molar-refractivity contribution in [1.82, 2.24) is 14.9 Å². The van der Waals surface area contributed by atoms with Gasteiger partial charge in [0, 0.05) is 13.7 Å². The van der Waals surface area contributed by atoms with Crippen LogP contribution in [0.4, 0.5) is 0 Å². The molecule has 0 saturated carbocycles. The van der Waals surface area contributed by atoms with Gasteiger partial charge in [0.2, 0.25) is 5.91 Å². The van der Waals surface area contributed by atoms with E-state index in [0.717, 1.165) is 11.3 Å². The van der Waals surface area contributed by atoms with Crippen LogP contribution in [0.3, 0.4) is 0 Å². The molecular weight excluding hydrogens is 398 g/mol. The minimum atomic E-state index is -0.126. The number of fused-ring (bicyclic) bond motifs is 1. The van der Waals surface area contributed by atoms with E-state index in [4.69, 9.17) is 9.47 Å². The molecule has 0 unspecified atom stereocenters. The van der Waals surface area contributed by atoms with Crippen LogP contribution in [0, 0.1) is 0 Å². The molecule has 1 aromatic carbocycles. The fourth-order valence-corrected chi connectivity index (χ4v) is 4.17. The summed E-state index contributed by atoms with van der Waals surface area (Å²) >= 11 is 2.62. The van der Waals surface area contributed by atoms with Gasteiger partial charge >= 0.3 is 0 Å². The normalized spacial score (nSPS) is 10.9. The van der Waals surface area contributed by atoms with E-state index in [-0.39, 0.29) is 17.2 Å². The highest BCUT2D eigenvalue weighted by molar-refractivity contribution is 7.99. The second kappa shape index (κ2) is 9.72. The number of nitrogens with one attached hydrogen (secondary N) is 1. The number of ether oxygens (including phenoxy) is 2. The molecule has 0 aliphatic carbocycles. The quantitative estimate of drug-likeness (QED) is 0.424. The first-order valence-corrected chi connectivity index (χ1v) is 10.5. The highest BCUT2D eigenvalue weighted by Gasteiger charge is 2.14. The van der Waals surface area contributed by atoms with Crippen LogP contribution in [-0.4, -0.2) is 42.0 Å². The second-order valence-corrected chi connectivity index (χ2v) is 7.75. The number of rotatable bonds is 9. The Morgan fingerprint density at radius 1 is 1.25 bits per heavy atom. The number of thiophene rings is 1. The minimum Gasteiger partial charge on any atom is -0.497 e. The Kier molecular flexibility index (Phi) is 7.07. The number of carbonyl (C=O) groups is 1. The number of benzene rings is 1. The van der Waals surface area contributed by atoms with Crippen molar-refractivity contribution in [3.05, 3.63) is 51.6 Å². The molecule has 0 aliphatic heterocycles. The van der Waals surface area contributed by atoms with Crippen LogP contribution in [-0.2, 0) is 22.6 Å². The zero-order valence-corrected chi connectivity index (χ0v) is 17.3. The van der Waals surface area contributed by atoms with Crippen LogP contribution in [0.25, 0.3) is 10.2 Å². The summed E-state index contributed by atoms with van der Waals surface area (Å²) in [5.41, 5.74) is 1.54. The third kappa shape index (κ3) is 4.92. The summed E-state index contributed by atoms with van der Waals surface area (Å²) < 4.78 is 12.4. The van der Waals surface area contributed by atoms with Gasteiger partial charge in [0.05, 0.1) is 31.5 Å². The zero-order valence-electron chi connectivity index (χ0n) is 15.6. The number of amides is 1. The molecule has 0 bridgehead atoms. The van der Waals surface area contributed by atoms with Gasteiger partial charge in [0.25, 0.3) is 5.56 Å². The van der Waals surface area contributed by atoms with Gasteiger partial charge in [0.1, 0.15) is 10.4 Å². The molecule has 3 rings (SSSR count). The largest absolute Gasteiger partial charge is 0.497 e. The summed E-state index contributed by atoms with van der Waals surface area (Å²) in [5, 5.41) is 5.24. The lowest BCUT2D eigenvalue weighted by molar-refractivity contribution is -0.118. The summed E-state index contributed by atoms with van der Waals surface area (Å²) in [6, 6.07) is 9.33. The van der Waals surface area contributed by atoms with E-state index in [0.29, 0.717) is 35.1 Å². The Balaban J connectivity index is 1.64. The summed E-state index contributed by atoms with van der Waals surface area (Å²) in [6.45, 7) is 1.22. The maximum atomic E-state index is 12.7. The Morgan fingerprint density at radius 3 is 2.75 bits per heavy atom. The first kappa shape index (κ1) is 20.4. The van der Waals surface area contributed by atoms with Crippen molar-refractivity contribution < 1.29 is 14.3 Å². The van der Waals surface area contributed by atoms with Crippen LogP contribution in [0.15, 0.2) is 45.7 Å². The van der Waals surface area contributed by atoms with Crippen molar-refractivity contribution in [2.45, 2.75) is 18.2 Å². The molecule has 1 amide bonds. The molecule has 0 spiro atoms. The van der Waals surface area contributed by atoms with Crippen LogP contribution in [0.2, 0.25) is 0 Å². The molecule has 9 heteroatoms. The third-order valence-corrected chi connectivity index (χ3v) is 5.90.